The normalized spacial score (nSPS) is 24.4. The van der Waals surface area contributed by atoms with Crippen LogP contribution in [0, 0.1) is 11.7 Å². The monoisotopic (exact) mass is 250 g/mol. The Morgan fingerprint density at radius 1 is 1.28 bits per heavy atom. The molecule has 1 aliphatic carbocycles. The summed E-state index contributed by atoms with van der Waals surface area (Å²) in [4.78, 5) is 2.32. The number of nitrogens with zero attached hydrogens (tertiary/aromatic N) is 1. The first-order valence-electron chi connectivity index (χ1n) is 6.82. The van der Waals surface area contributed by atoms with Gasteiger partial charge in [0, 0.05) is 19.1 Å². The van der Waals surface area contributed by atoms with Gasteiger partial charge in [0.2, 0.25) is 0 Å². The highest BCUT2D eigenvalue weighted by Gasteiger charge is 2.20. The zero-order chi connectivity index (χ0) is 13.0. The fourth-order valence-electron chi connectivity index (χ4n) is 2.91. The number of rotatable bonds is 4. The second-order valence-corrected chi connectivity index (χ2v) is 5.62. The van der Waals surface area contributed by atoms with Gasteiger partial charge in [0.05, 0.1) is 0 Å². The maximum atomic E-state index is 12.8. The van der Waals surface area contributed by atoms with E-state index >= 15 is 0 Å². The van der Waals surface area contributed by atoms with Crippen LogP contribution in [0.3, 0.4) is 0 Å². The number of hydrogen-bond donors (Lipinski definition) is 1. The van der Waals surface area contributed by atoms with Gasteiger partial charge < -0.3 is 10.6 Å². The predicted octanol–water partition coefficient (Wildman–Crippen LogP) is 2.78. The highest BCUT2D eigenvalue weighted by atomic mass is 19.1. The van der Waals surface area contributed by atoms with Crippen LogP contribution in [0.4, 0.5) is 4.39 Å². The minimum atomic E-state index is -0.167. The highest BCUT2D eigenvalue weighted by Crippen LogP contribution is 2.24. The molecule has 100 valence electrons. The molecule has 2 rings (SSSR count). The molecule has 1 aromatic rings. The minimum Gasteiger partial charge on any atom is -0.328 e. The van der Waals surface area contributed by atoms with Gasteiger partial charge in [-0.25, -0.2) is 4.39 Å². The smallest absolute Gasteiger partial charge is 0.123 e. The second kappa shape index (κ2) is 6.30. The molecule has 0 amide bonds. The van der Waals surface area contributed by atoms with E-state index < -0.39 is 0 Å². The van der Waals surface area contributed by atoms with Crippen LogP contribution >= 0.6 is 0 Å². The van der Waals surface area contributed by atoms with Crippen molar-refractivity contribution < 1.29 is 4.39 Å². The summed E-state index contributed by atoms with van der Waals surface area (Å²) in [7, 11) is 2.13. The fraction of sp³-hybridized carbons (Fsp3) is 0.600. The molecule has 1 fully saturated rings. The van der Waals surface area contributed by atoms with Crippen LogP contribution in [0.25, 0.3) is 0 Å². The molecule has 1 aromatic carbocycles. The van der Waals surface area contributed by atoms with E-state index in [1.165, 1.54) is 37.0 Å². The third-order valence-electron chi connectivity index (χ3n) is 3.76. The molecule has 2 N–H and O–H groups in total. The van der Waals surface area contributed by atoms with Crippen molar-refractivity contribution in [3.63, 3.8) is 0 Å². The quantitative estimate of drug-likeness (QED) is 0.890. The Labute approximate surface area is 109 Å². The molecule has 18 heavy (non-hydrogen) atoms. The Kier molecular flexibility index (Phi) is 4.72. The molecule has 1 saturated carbocycles. The molecule has 0 radical (unpaired) electrons. The largest absolute Gasteiger partial charge is 0.328 e. The van der Waals surface area contributed by atoms with Gasteiger partial charge in [0.15, 0.2) is 0 Å². The van der Waals surface area contributed by atoms with E-state index in [0.29, 0.717) is 6.04 Å². The molecule has 2 unspecified atom stereocenters. The number of benzene rings is 1. The van der Waals surface area contributed by atoms with Crippen molar-refractivity contribution in [2.24, 2.45) is 11.7 Å². The van der Waals surface area contributed by atoms with Gasteiger partial charge in [0.25, 0.3) is 0 Å². The SMILES string of the molecule is CN(Cc1ccc(F)cc1)CC1CCCC(N)C1. The summed E-state index contributed by atoms with van der Waals surface area (Å²) < 4.78 is 12.8. The van der Waals surface area contributed by atoms with Gasteiger partial charge in [-0.15, -0.1) is 0 Å². The Morgan fingerprint density at radius 2 is 2.00 bits per heavy atom. The van der Waals surface area contributed by atoms with Crippen LogP contribution in [0.5, 0.6) is 0 Å². The lowest BCUT2D eigenvalue weighted by atomic mass is 9.86. The summed E-state index contributed by atoms with van der Waals surface area (Å²) in [6, 6.07) is 7.17. The average molecular weight is 250 g/mol. The van der Waals surface area contributed by atoms with Crippen LogP contribution in [0.15, 0.2) is 24.3 Å². The first-order valence-corrected chi connectivity index (χ1v) is 6.82. The van der Waals surface area contributed by atoms with Crippen LogP contribution < -0.4 is 5.73 Å². The van der Waals surface area contributed by atoms with E-state index in [2.05, 4.69) is 11.9 Å². The van der Waals surface area contributed by atoms with Crippen molar-refractivity contribution in [2.75, 3.05) is 13.6 Å². The van der Waals surface area contributed by atoms with Gasteiger partial charge in [-0.2, -0.15) is 0 Å². The highest BCUT2D eigenvalue weighted by molar-refractivity contribution is 5.15. The van der Waals surface area contributed by atoms with E-state index in [4.69, 9.17) is 5.73 Å². The standard InChI is InChI=1S/C15H23FN2/c1-18(10-12-5-7-14(16)8-6-12)11-13-3-2-4-15(17)9-13/h5-8,13,15H,2-4,9-11,17H2,1H3. The van der Waals surface area contributed by atoms with Gasteiger partial charge >= 0.3 is 0 Å². The number of hydrogen-bond acceptors (Lipinski definition) is 2. The summed E-state index contributed by atoms with van der Waals surface area (Å²) in [5, 5.41) is 0. The van der Waals surface area contributed by atoms with E-state index in [1.54, 1.807) is 0 Å². The molecule has 0 bridgehead atoms. The molecule has 0 aromatic heterocycles. The fourth-order valence-corrected chi connectivity index (χ4v) is 2.91. The molecule has 2 nitrogen and oxygen atoms in total. The average Bonchev–Trinajstić information content (AvgIpc) is 2.32. The lowest BCUT2D eigenvalue weighted by Crippen LogP contribution is -2.34. The summed E-state index contributed by atoms with van der Waals surface area (Å²) in [5.74, 6) is 0.554. The third kappa shape index (κ3) is 4.07. The van der Waals surface area contributed by atoms with Crippen LogP contribution in [0.1, 0.15) is 31.2 Å². The van der Waals surface area contributed by atoms with Crippen LogP contribution in [-0.4, -0.2) is 24.5 Å². The topological polar surface area (TPSA) is 29.3 Å². The number of nitrogens with two attached hydrogens (primary N) is 1. The lowest BCUT2D eigenvalue weighted by Gasteiger charge is -2.30. The maximum Gasteiger partial charge on any atom is 0.123 e. The predicted molar refractivity (Wildman–Crippen MR) is 72.7 cm³/mol. The molecule has 0 aliphatic heterocycles. The van der Waals surface area contributed by atoms with Gasteiger partial charge in [-0.3, -0.25) is 0 Å². The Morgan fingerprint density at radius 3 is 2.67 bits per heavy atom. The minimum absolute atomic E-state index is 0.167. The van der Waals surface area contributed by atoms with Crippen LogP contribution in [-0.2, 0) is 6.54 Å². The van der Waals surface area contributed by atoms with Crippen molar-refractivity contribution in [2.45, 2.75) is 38.3 Å². The lowest BCUT2D eigenvalue weighted by molar-refractivity contribution is 0.216. The summed E-state index contributed by atoms with van der Waals surface area (Å²) in [5.41, 5.74) is 7.18. The summed E-state index contributed by atoms with van der Waals surface area (Å²) in [6.45, 7) is 1.97. The van der Waals surface area contributed by atoms with Crippen molar-refractivity contribution in [3.05, 3.63) is 35.6 Å². The second-order valence-electron chi connectivity index (χ2n) is 5.62. The Balaban J connectivity index is 1.81. The molecular formula is C15H23FN2. The maximum absolute atomic E-state index is 12.8. The van der Waals surface area contributed by atoms with Crippen molar-refractivity contribution >= 4 is 0 Å². The van der Waals surface area contributed by atoms with E-state index in [1.807, 2.05) is 12.1 Å². The third-order valence-corrected chi connectivity index (χ3v) is 3.76. The summed E-state index contributed by atoms with van der Waals surface area (Å²) >= 11 is 0. The molecule has 0 saturated heterocycles. The molecule has 1 aliphatic rings. The summed E-state index contributed by atoms with van der Waals surface area (Å²) in [6.07, 6.45) is 4.88. The zero-order valence-electron chi connectivity index (χ0n) is 11.1. The molecule has 0 heterocycles. The van der Waals surface area contributed by atoms with Crippen molar-refractivity contribution in [1.29, 1.82) is 0 Å². The van der Waals surface area contributed by atoms with E-state index in [9.17, 15) is 4.39 Å². The molecule has 0 spiro atoms. The van der Waals surface area contributed by atoms with Crippen LogP contribution in [0.2, 0.25) is 0 Å². The first-order chi connectivity index (χ1) is 8.63. The van der Waals surface area contributed by atoms with E-state index in [-0.39, 0.29) is 5.82 Å². The van der Waals surface area contributed by atoms with Gasteiger partial charge in [0.1, 0.15) is 5.82 Å². The van der Waals surface area contributed by atoms with Crippen molar-refractivity contribution in [1.82, 2.24) is 4.90 Å². The van der Waals surface area contributed by atoms with Crippen molar-refractivity contribution in [3.8, 4) is 0 Å². The molecular weight excluding hydrogens is 227 g/mol. The van der Waals surface area contributed by atoms with E-state index in [0.717, 1.165) is 25.4 Å². The first kappa shape index (κ1) is 13.5. The zero-order valence-corrected chi connectivity index (χ0v) is 11.1. The Hall–Kier alpha value is -0.930. The van der Waals surface area contributed by atoms with Gasteiger partial charge in [-0.1, -0.05) is 18.6 Å². The molecule has 2 atom stereocenters. The number of halogens is 1. The Bertz CT molecular complexity index is 363. The molecule has 3 heteroatoms. The van der Waals surface area contributed by atoms with Gasteiger partial charge in [-0.05, 0) is 49.9 Å².